The summed E-state index contributed by atoms with van der Waals surface area (Å²) in [6.45, 7) is 1.76. The SMILES string of the molecule is Cc1ncc(CCNC(=O)Cc2ccc(C(=N)N)cc2)c(CO)c1O. The molecule has 0 atom stereocenters. The zero-order valence-electron chi connectivity index (χ0n) is 14.0. The molecular weight excluding hydrogens is 320 g/mol. The Morgan fingerprint density at radius 2 is 2.00 bits per heavy atom. The Kier molecular flexibility index (Phi) is 6.08. The van der Waals surface area contributed by atoms with Crippen molar-refractivity contribution >= 4 is 11.7 Å². The topological polar surface area (TPSA) is 132 Å². The number of benzene rings is 1. The van der Waals surface area contributed by atoms with Gasteiger partial charge in [0, 0.05) is 23.9 Å². The zero-order chi connectivity index (χ0) is 18.4. The summed E-state index contributed by atoms with van der Waals surface area (Å²) in [7, 11) is 0. The lowest BCUT2D eigenvalue weighted by molar-refractivity contribution is -0.120. The van der Waals surface area contributed by atoms with Gasteiger partial charge in [-0.05, 0) is 24.5 Å². The van der Waals surface area contributed by atoms with E-state index in [1.165, 1.54) is 0 Å². The van der Waals surface area contributed by atoms with Crippen LogP contribution in [-0.2, 0) is 24.2 Å². The van der Waals surface area contributed by atoms with E-state index < -0.39 is 0 Å². The number of pyridine rings is 1. The van der Waals surface area contributed by atoms with Gasteiger partial charge in [0.25, 0.3) is 0 Å². The fraction of sp³-hybridized carbons (Fsp3) is 0.278. The van der Waals surface area contributed by atoms with E-state index in [1.54, 1.807) is 37.4 Å². The van der Waals surface area contributed by atoms with Crippen molar-refractivity contribution in [1.29, 1.82) is 5.41 Å². The molecule has 6 N–H and O–H groups in total. The predicted octanol–water partition coefficient (Wildman–Crippen LogP) is 0.773. The maximum absolute atomic E-state index is 12.0. The summed E-state index contributed by atoms with van der Waals surface area (Å²) < 4.78 is 0. The molecule has 132 valence electrons. The van der Waals surface area contributed by atoms with Gasteiger partial charge >= 0.3 is 0 Å². The van der Waals surface area contributed by atoms with Crippen molar-refractivity contribution in [1.82, 2.24) is 10.3 Å². The minimum atomic E-state index is -0.277. The molecule has 1 heterocycles. The van der Waals surface area contributed by atoms with Gasteiger partial charge in [-0.15, -0.1) is 0 Å². The smallest absolute Gasteiger partial charge is 0.224 e. The van der Waals surface area contributed by atoms with Crippen LogP contribution in [0.5, 0.6) is 5.75 Å². The largest absolute Gasteiger partial charge is 0.506 e. The average Bonchev–Trinajstić information content (AvgIpc) is 2.58. The number of amidine groups is 1. The highest BCUT2D eigenvalue weighted by Crippen LogP contribution is 2.23. The van der Waals surface area contributed by atoms with Crippen LogP contribution in [0.25, 0.3) is 0 Å². The number of aliphatic hydroxyl groups excluding tert-OH is 1. The van der Waals surface area contributed by atoms with Crippen LogP contribution in [0.4, 0.5) is 0 Å². The molecule has 0 bridgehead atoms. The van der Waals surface area contributed by atoms with E-state index in [9.17, 15) is 15.0 Å². The van der Waals surface area contributed by atoms with Crippen molar-refractivity contribution in [2.45, 2.75) is 26.4 Å². The van der Waals surface area contributed by atoms with E-state index in [0.29, 0.717) is 35.3 Å². The minimum absolute atomic E-state index is 0.00288. The number of aromatic hydroxyl groups is 1. The molecule has 0 aliphatic rings. The second-order valence-electron chi connectivity index (χ2n) is 5.74. The Hall–Kier alpha value is -2.93. The molecule has 2 aromatic rings. The van der Waals surface area contributed by atoms with Gasteiger partial charge in [0.05, 0.1) is 18.7 Å². The Morgan fingerprint density at radius 3 is 2.60 bits per heavy atom. The molecule has 0 aliphatic carbocycles. The summed E-state index contributed by atoms with van der Waals surface area (Å²) in [5, 5.41) is 29.4. The number of hydrogen-bond donors (Lipinski definition) is 5. The van der Waals surface area contributed by atoms with Gasteiger partial charge in [-0.1, -0.05) is 24.3 Å². The molecule has 2 rings (SSSR count). The lowest BCUT2D eigenvalue weighted by Crippen LogP contribution is -2.27. The minimum Gasteiger partial charge on any atom is -0.506 e. The molecule has 7 heteroatoms. The zero-order valence-corrected chi connectivity index (χ0v) is 14.0. The van der Waals surface area contributed by atoms with Crippen LogP contribution in [0.15, 0.2) is 30.5 Å². The van der Waals surface area contributed by atoms with Crippen molar-refractivity contribution < 1.29 is 15.0 Å². The lowest BCUT2D eigenvalue weighted by atomic mass is 10.1. The third-order valence-electron chi connectivity index (χ3n) is 3.93. The van der Waals surface area contributed by atoms with Gasteiger partial charge < -0.3 is 21.3 Å². The maximum atomic E-state index is 12.0. The van der Waals surface area contributed by atoms with Crippen LogP contribution < -0.4 is 11.1 Å². The molecule has 1 amide bonds. The molecule has 0 unspecified atom stereocenters. The number of nitrogens with zero attached hydrogens (tertiary/aromatic N) is 1. The molecule has 1 aromatic heterocycles. The van der Waals surface area contributed by atoms with Gasteiger partial charge in [-0.2, -0.15) is 0 Å². The number of aromatic nitrogens is 1. The Labute approximate surface area is 146 Å². The fourth-order valence-electron chi connectivity index (χ4n) is 2.46. The van der Waals surface area contributed by atoms with E-state index in [0.717, 1.165) is 5.56 Å². The van der Waals surface area contributed by atoms with Crippen molar-refractivity contribution in [3.8, 4) is 5.75 Å². The number of carbonyl (C=O) groups excluding carboxylic acids is 1. The van der Waals surface area contributed by atoms with Gasteiger partial charge in [-0.3, -0.25) is 15.2 Å². The second kappa shape index (κ2) is 8.25. The van der Waals surface area contributed by atoms with Crippen molar-refractivity contribution in [3.05, 3.63) is 58.4 Å². The Balaban J connectivity index is 1.88. The summed E-state index contributed by atoms with van der Waals surface area (Å²) >= 11 is 0. The van der Waals surface area contributed by atoms with Gasteiger partial charge in [0.1, 0.15) is 11.6 Å². The molecule has 0 radical (unpaired) electrons. The molecule has 0 aliphatic heterocycles. The summed E-state index contributed by atoms with van der Waals surface area (Å²) in [5.41, 5.74) is 8.45. The summed E-state index contributed by atoms with van der Waals surface area (Å²) in [6, 6.07) is 6.95. The molecule has 0 saturated heterocycles. The number of nitrogens with two attached hydrogens (primary N) is 1. The normalized spacial score (nSPS) is 10.5. The highest BCUT2D eigenvalue weighted by Gasteiger charge is 2.11. The van der Waals surface area contributed by atoms with Gasteiger partial charge in [0.2, 0.25) is 5.91 Å². The van der Waals surface area contributed by atoms with Crippen LogP contribution in [0.3, 0.4) is 0 Å². The molecule has 0 spiro atoms. The summed E-state index contributed by atoms with van der Waals surface area (Å²) in [5.74, 6) is -0.145. The number of rotatable bonds is 7. The van der Waals surface area contributed by atoms with Crippen molar-refractivity contribution in [3.63, 3.8) is 0 Å². The van der Waals surface area contributed by atoms with Crippen LogP contribution >= 0.6 is 0 Å². The van der Waals surface area contributed by atoms with Crippen molar-refractivity contribution in [2.75, 3.05) is 6.54 Å². The lowest BCUT2D eigenvalue weighted by Gasteiger charge is -2.11. The van der Waals surface area contributed by atoms with Crippen LogP contribution in [-0.4, -0.2) is 33.5 Å². The van der Waals surface area contributed by atoms with Gasteiger partial charge in [-0.25, -0.2) is 0 Å². The van der Waals surface area contributed by atoms with Gasteiger partial charge in [0.15, 0.2) is 0 Å². The monoisotopic (exact) mass is 342 g/mol. The first-order valence-corrected chi connectivity index (χ1v) is 7.89. The van der Waals surface area contributed by atoms with E-state index >= 15 is 0 Å². The standard InChI is InChI=1S/C18H22N4O3/c1-11-17(25)15(10-23)14(9-22-11)6-7-21-16(24)8-12-2-4-13(5-3-12)18(19)20/h2-5,9,23,25H,6-8,10H2,1H3,(H3,19,20)(H,21,24). The number of amides is 1. The first-order valence-electron chi connectivity index (χ1n) is 7.89. The van der Waals surface area contributed by atoms with Crippen LogP contribution in [0.1, 0.15) is 27.9 Å². The summed E-state index contributed by atoms with van der Waals surface area (Å²) in [4.78, 5) is 16.1. The highest BCUT2D eigenvalue weighted by atomic mass is 16.3. The Bertz CT molecular complexity index is 773. The molecule has 0 fully saturated rings. The molecular formula is C18H22N4O3. The highest BCUT2D eigenvalue weighted by molar-refractivity contribution is 5.95. The molecule has 0 saturated carbocycles. The van der Waals surface area contributed by atoms with E-state index in [4.69, 9.17) is 11.1 Å². The van der Waals surface area contributed by atoms with E-state index in [2.05, 4.69) is 10.3 Å². The third-order valence-corrected chi connectivity index (χ3v) is 3.93. The van der Waals surface area contributed by atoms with Crippen LogP contribution in [0.2, 0.25) is 0 Å². The Morgan fingerprint density at radius 1 is 1.32 bits per heavy atom. The van der Waals surface area contributed by atoms with Crippen LogP contribution in [0, 0.1) is 12.3 Å². The average molecular weight is 342 g/mol. The molecule has 7 nitrogen and oxygen atoms in total. The number of nitrogens with one attached hydrogen (secondary N) is 2. The first kappa shape index (κ1) is 18.4. The second-order valence-corrected chi connectivity index (χ2v) is 5.74. The predicted molar refractivity (Wildman–Crippen MR) is 94.4 cm³/mol. The van der Waals surface area contributed by atoms with E-state index in [-0.39, 0.29) is 30.5 Å². The van der Waals surface area contributed by atoms with E-state index in [1.807, 2.05) is 0 Å². The molecule has 1 aromatic carbocycles. The summed E-state index contributed by atoms with van der Waals surface area (Å²) in [6.07, 6.45) is 2.29. The maximum Gasteiger partial charge on any atom is 0.224 e. The number of aryl methyl sites for hydroxylation is 1. The number of aliphatic hydroxyl groups is 1. The number of nitrogen functional groups attached to an aromatic ring is 1. The number of carbonyl (C=O) groups is 1. The first-order chi connectivity index (χ1) is 11.9. The third kappa shape index (κ3) is 4.77. The number of hydrogen-bond acceptors (Lipinski definition) is 5. The fourth-order valence-corrected chi connectivity index (χ4v) is 2.46. The quantitative estimate of drug-likeness (QED) is 0.374. The van der Waals surface area contributed by atoms with Crippen molar-refractivity contribution in [2.24, 2.45) is 5.73 Å². The molecule has 25 heavy (non-hydrogen) atoms.